The molecule has 2 rings (SSSR count). The van der Waals surface area contributed by atoms with Crippen LogP contribution in [0.25, 0.3) is 11.1 Å². The van der Waals surface area contributed by atoms with Gasteiger partial charge in [0.05, 0.1) is 16.2 Å². The lowest BCUT2D eigenvalue weighted by atomic mass is 10.0. The Labute approximate surface area is 111 Å². The fourth-order valence-electron chi connectivity index (χ4n) is 1.79. The van der Waals surface area contributed by atoms with E-state index < -0.39 is 22.5 Å². The molecule has 0 fully saturated rings. The Bertz CT molecular complexity index is 671. The lowest BCUT2D eigenvalue weighted by Gasteiger charge is -2.12. The van der Waals surface area contributed by atoms with Crippen LogP contribution in [-0.4, -0.2) is 9.91 Å². The van der Waals surface area contributed by atoms with E-state index in [4.69, 9.17) is 5.73 Å². The van der Waals surface area contributed by atoms with Crippen molar-refractivity contribution >= 4 is 11.4 Å². The number of nitro benzene ring substituents is 1. The van der Waals surface area contributed by atoms with Crippen LogP contribution in [0.5, 0.6) is 0 Å². The Morgan fingerprint density at radius 3 is 2.40 bits per heavy atom. The third-order valence-corrected chi connectivity index (χ3v) is 2.65. The van der Waals surface area contributed by atoms with Crippen molar-refractivity contribution < 1.29 is 18.1 Å². The van der Waals surface area contributed by atoms with Crippen molar-refractivity contribution in [1.82, 2.24) is 4.98 Å². The lowest BCUT2D eigenvalue weighted by Crippen LogP contribution is -2.12. The number of anilines is 1. The molecule has 0 amide bonds. The number of hydrogen-bond acceptors (Lipinski definition) is 4. The van der Waals surface area contributed by atoms with Gasteiger partial charge in [0.2, 0.25) is 0 Å². The fourth-order valence-corrected chi connectivity index (χ4v) is 1.79. The number of nitrogens with two attached hydrogens (primary N) is 1. The van der Waals surface area contributed by atoms with E-state index in [2.05, 4.69) is 4.98 Å². The molecule has 1 heterocycles. The Morgan fingerprint density at radius 2 is 1.80 bits per heavy atom. The summed E-state index contributed by atoms with van der Waals surface area (Å²) in [6.07, 6.45) is -3.80. The lowest BCUT2D eigenvalue weighted by molar-refractivity contribution is -0.384. The van der Waals surface area contributed by atoms with E-state index in [9.17, 15) is 23.3 Å². The molecule has 2 aromatic rings. The number of nitrogen functional groups attached to an aromatic ring is 1. The Balaban J connectivity index is 2.69. The van der Waals surface area contributed by atoms with Gasteiger partial charge in [-0.15, -0.1) is 0 Å². The highest BCUT2D eigenvalue weighted by atomic mass is 19.4. The molecular weight excluding hydrogens is 275 g/mol. The van der Waals surface area contributed by atoms with Gasteiger partial charge in [0.25, 0.3) is 5.69 Å². The van der Waals surface area contributed by atoms with Gasteiger partial charge in [0.1, 0.15) is 0 Å². The molecule has 1 aromatic heterocycles. The number of alkyl halides is 3. The third-order valence-electron chi connectivity index (χ3n) is 2.65. The molecular formula is C12H8F3N3O2. The van der Waals surface area contributed by atoms with Gasteiger partial charge in [-0.25, -0.2) is 4.98 Å². The summed E-state index contributed by atoms with van der Waals surface area (Å²) >= 11 is 0. The van der Waals surface area contributed by atoms with E-state index in [-0.39, 0.29) is 16.8 Å². The Morgan fingerprint density at radius 1 is 1.15 bits per heavy atom. The van der Waals surface area contributed by atoms with Gasteiger partial charge in [-0.2, -0.15) is 13.2 Å². The number of para-hydroxylation sites is 1. The van der Waals surface area contributed by atoms with Crippen molar-refractivity contribution in [3.05, 3.63) is 52.3 Å². The van der Waals surface area contributed by atoms with Gasteiger partial charge in [-0.1, -0.05) is 12.1 Å². The molecule has 2 N–H and O–H groups in total. The van der Waals surface area contributed by atoms with Crippen LogP contribution >= 0.6 is 0 Å². The van der Waals surface area contributed by atoms with Crippen LogP contribution in [0.2, 0.25) is 0 Å². The topological polar surface area (TPSA) is 82.0 Å². The average Bonchev–Trinajstić information content (AvgIpc) is 2.37. The van der Waals surface area contributed by atoms with Gasteiger partial charge < -0.3 is 5.73 Å². The summed E-state index contributed by atoms with van der Waals surface area (Å²) in [4.78, 5) is 13.4. The van der Waals surface area contributed by atoms with Crippen molar-refractivity contribution in [2.75, 3.05) is 5.73 Å². The molecule has 104 valence electrons. The molecule has 0 unspecified atom stereocenters. The van der Waals surface area contributed by atoms with Crippen molar-refractivity contribution in [3.63, 3.8) is 0 Å². The van der Waals surface area contributed by atoms with E-state index in [1.165, 1.54) is 30.3 Å². The highest BCUT2D eigenvalue weighted by molar-refractivity contribution is 5.83. The summed E-state index contributed by atoms with van der Waals surface area (Å²) in [6, 6.07) is 6.65. The highest BCUT2D eigenvalue weighted by Gasteiger charge is 2.36. The normalized spacial score (nSPS) is 11.3. The number of benzene rings is 1. The van der Waals surface area contributed by atoms with Crippen molar-refractivity contribution in [3.8, 4) is 11.1 Å². The first kappa shape index (κ1) is 13.8. The number of rotatable bonds is 2. The van der Waals surface area contributed by atoms with E-state index >= 15 is 0 Å². The molecule has 0 aliphatic rings. The first-order valence-electron chi connectivity index (χ1n) is 5.38. The monoisotopic (exact) mass is 283 g/mol. The molecule has 0 spiro atoms. The van der Waals surface area contributed by atoms with Gasteiger partial charge in [0, 0.05) is 17.8 Å². The van der Waals surface area contributed by atoms with E-state index in [0.717, 1.165) is 6.20 Å². The second-order valence-corrected chi connectivity index (χ2v) is 3.89. The fraction of sp³-hybridized carbons (Fsp3) is 0.0833. The summed E-state index contributed by atoms with van der Waals surface area (Å²) in [6.45, 7) is 0. The first-order valence-corrected chi connectivity index (χ1v) is 5.38. The largest absolute Gasteiger partial charge is 0.435 e. The zero-order valence-corrected chi connectivity index (χ0v) is 9.89. The predicted octanol–water partition coefficient (Wildman–Crippen LogP) is 3.26. The van der Waals surface area contributed by atoms with E-state index in [0.29, 0.717) is 0 Å². The maximum Gasteiger partial charge on any atom is 0.435 e. The SMILES string of the molecule is Nc1c(-c2ccccc2[N+](=O)[O-])ccnc1C(F)(F)F. The number of nitrogens with zero attached hydrogens (tertiary/aromatic N) is 2. The Kier molecular flexibility index (Phi) is 3.31. The van der Waals surface area contributed by atoms with Crippen LogP contribution in [0.15, 0.2) is 36.5 Å². The van der Waals surface area contributed by atoms with Gasteiger partial charge >= 0.3 is 6.18 Å². The van der Waals surface area contributed by atoms with Crippen molar-refractivity contribution in [1.29, 1.82) is 0 Å². The van der Waals surface area contributed by atoms with Gasteiger partial charge in [-0.3, -0.25) is 10.1 Å². The average molecular weight is 283 g/mol. The standard InChI is InChI=1S/C12H8F3N3O2/c13-12(14,15)11-10(16)8(5-6-17-11)7-3-1-2-4-9(7)18(19)20/h1-6H,16H2. The second-order valence-electron chi connectivity index (χ2n) is 3.89. The van der Waals surface area contributed by atoms with Gasteiger partial charge in [0.15, 0.2) is 5.69 Å². The number of nitro groups is 1. The first-order chi connectivity index (χ1) is 9.32. The molecule has 0 radical (unpaired) electrons. The molecule has 1 aromatic carbocycles. The molecule has 8 heteroatoms. The van der Waals surface area contributed by atoms with Gasteiger partial charge in [-0.05, 0) is 12.1 Å². The zero-order chi connectivity index (χ0) is 14.9. The minimum absolute atomic E-state index is 0.0166. The molecule has 20 heavy (non-hydrogen) atoms. The minimum atomic E-state index is -4.72. The summed E-state index contributed by atoms with van der Waals surface area (Å²) in [5, 5.41) is 10.9. The summed E-state index contributed by atoms with van der Waals surface area (Å²) < 4.78 is 38.2. The summed E-state index contributed by atoms with van der Waals surface area (Å²) in [7, 11) is 0. The van der Waals surface area contributed by atoms with E-state index in [1.54, 1.807) is 0 Å². The zero-order valence-electron chi connectivity index (χ0n) is 9.89. The minimum Gasteiger partial charge on any atom is -0.396 e. The molecule has 0 bridgehead atoms. The molecule has 0 saturated carbocycles. The maximum atomic E-state index is 12.7. The predicted molar refractivity (Wildman–Crippen MR) is 65.7 cm³/mol. The third kappa shape index (κ3) is 2.40. The molecule has 0 saturated heterocycles. The second kappa shape index (κ2) is 4.80. The van der Waals surface area contributed by atoms with Crippen LogP contribution in [-0.2, 0) is 6.18 Å². The number of halogens is 3. The summed E-state index contributed by atoms with van der Waals surface area (Å²) in [5.74, 6) is 0. The van der Waals surface area contributed by atoms with Crippen molar-refractivity contribution in [2.24, 2.45) is 0 Å². The van der Waals surface area contributed by atoms with E-state index in [1.807, 2.05) is 0 Å². The molecule has 0 atom stereocenters. The molecule has 0 aliphatic heterocycles. The summed E-state index contributed by atoms with van der Waals surface area (Å²) in [5.41, 5.74) is 3.20. The Hall–Kier alpha value is -2.64. The van der Waals surface area contributed by atoms with Crippen LogP contribution in [0.4, 0.5) is 24.5 Å². The van der Waals surface area contributed by atoms with Crippen LogP contribution in [0.1, 0.15) is 5.69 Å². The van der Waals surface area contributed by atoms with Crippen molar-refractivity contribution in [2.45, 2.75) is 6.18 Å². The van der Waals surface area contributed by atoms with Crippen LogP contribution in [0.3, 0.4) is 0 Å². The quantitative estimate of drug-likeness (QED) is 0.677. The molecule has 5 nitrogen and oxygen atoms in total. The maximum absolute atomic E-state index is 12.7. The highest BCUT2D eigenvalue weighted by Crippen LogP contribution is 2.39. The number of hydrogen-bond donors (Lipinski definition) is 1. The molecule has 0 aliphatic carbocycles. The smallest absolute Gasteiger partial charge is 0.396 e. The number of aromatic nitrogens is 1. The number of pyridine rings is 1. The van der Waals surface area contributed by atoms with Crippen LogP contribution < -0.4 is 5.73 Å². The van der Waals surface area contributed by atoms with Crippen LogP contribution in [0, 0.1) is 10.1 Å².